The van der Waals surface area contributed by atoms with E-state index >= 15 is 0 Å². The predicted molar refractivity (Wildman–Crippen MR) is 263 cm³/mol. The summed E-state index contributed by atoms with van der Waals surface area (Å²) in [5.74, 6) is 3.29. The maximum absolute atomic E-state index is 13.4. The van der Waals surface area contributed by atoms with Gasteiger partial charge >= 0.3 is 12.1 Å². The van der Waals surface area contributed by atoms with Gasteiger partial charge in [0.1, 0.15) is 25.3 Å². The van der Waals surface area contributed by atoms with Gasteiger partial charge < -0.3 is 85.4 Å². The van der Waals surface area contributed by atoms with Crippen LogP contribution in [0.4, 0.5) is 15.3 Å². The quantitative estimate of drug-likeness (QED) is 0.0257. The predicted octanol–water partition coefficient (Wildman–Crippen LogP) is 1.02. The average molecular weight is 1030 g/mol. The maximum atomic E-state index is 13.4. The van der Waals surface area contributed by atoms with E-state index in [0.717, 1.165) is 13.0 Å². The highest BCUT2D eigenvalue weighted by Crippen LogP contribution is 2.13. The lowest BCUT2D eigenvalue weighted by Crippen LogP contribution is -2.53. The van der Waals surface area contributed by atoms with E-state index in [9.17, 15) is 24.0 Å². The smallest absolute Gasteiger partial charge is 0.407 e. The number of nitrogens with one attached hydrogen (secondary N) is 5. The van der Waals surface area contributed by atoms with Gasteiger partial charge in [-0.25, -0.2) is 15.5 Å². The molecular weight excluding hydrogens is 949 g/mol. The summed E-state index contributed by atoms with van der Waals surface area (Å²) in [5, 5.41) is 21.1. The first-order valence-corrected chi connectivity index (χ1v) is 24.2. The fourth-order valence-electron chi connectivity index (χ4n) is 5.73. The Labute approximate surface area is 423 Å². The fraction of sp³-hybridized carbons (Fsp3) is 0.717. The number of nitrogens with zero attached hydrogens (tertiary/aromatic N) is 2. The van der Waals surface area contributed by atoms with E-state index in [2.05, 4.69) is 48.6 Å². The third-order valence-electron chi connectivity index (χ3n) is 9.23. The number of carbonyl (C=O) groups excluding carboxylic acids is 5. The van der Waals surface area contributed by atoms with Crippen LogP contribution in [0.2, 0.25) is 0 Å². The van der Waals surface area contributed by atoms with Gasteiger partial charge in [0.2, 0.25) is 17.7 Å². The Bertz CT molecular complexity index is 1630. The van der Waals surface area contributed by atoms with Crippen LogP contribution in [0.5, 0.6) is 0 Å². The Hall–Kier alpha value is -5.13. The summed E-state index contributed by atoms with van der Waals surface area (Å²) < 4.78 is 54.4. The zero-order chi connectivity index (χ0) is 52.7. The minimum Gasteiger partial charge on any atom is -0.445 e. The fourth-order valence-corrected chi connectivity index (χ4v) is 5.73. The van der Waals surface area contributed by atoms with Crippen molar-refractivity contribution in [2.45, 2.75) is 65.1 Å². The summed E-state index contributed by atoms with van der Waals surface area (Å²) >= 11 is 0. The van der Waals surface area contributed by atoms with Crippen molar-refractivity contribution < 1.29 is 76.2 Å². The van der Waals surface area contributed by atoms with Crippen LogP contribution in [0.15, 0.2) is 46.4 Å². The normalized spacial score (nSPS) is 12.4. The average Bonchev–Trinajstić information content (AvgIpc) is 3.35. The molecule has 2 atom stereocenters. The number of urea groups is 1. The van der Waals surface area contributed by atoms with Crippen molar-refractivity contribution in [3.05, 3.63) is 41.7 Å². The Kier molecular flexibility index (Phi) is 41.2. The van der Waals surface area contributed by atoms with E-state index in [1.54, 1.807) is 24.3 Å². The number of hydrogen-bond acceptors (Lipinski definition) is 20. The molecule has 412 valence electrons. The second-order valence-electron chi connectivity index (χ2n) is 15.8. The number of nitrogens with two attached hydrogens (primary N) is 3. The topological polar surface area (TPSA) is 350 Å². The zero-order valence-electron chi connectivity index (χ0n) is 42.4. The highest BCUT2D eigenvalue weighted by atomic mass is 16.6. The van der Waals surface area contributed by atoms with Gasteiger partial charge in [0.05, 0.1) is 131 Å². The molecule has 26 nitrogen and oxygen atoms in total. The summed E-state index contributed by atoms with van der Waals surface area (Å²) in [6, 6.07) is 3.76. The molecule has 0 bridgehead atoms. The van der Waals surface area contributed by atoms with E-state index in [1.807, 2.05) is 13.8 Å². The summed E-state index contributed by atoms with van der Waals surface area (Å²) in [6.07, 6.45) is 2.22. The molecule has 0 aliphatic rings. The summed E-state index contributed by atoms with van der Waals surface area (Å²) in [7, 11) is 0. The summed E-state index contributed by atoms with van der Waals surface area (Å²) in [5.41, 5.74) is 12.1. The number of primary amides is 1. The molecule has 0 aromatic heterocycles. The Balaban J connectivity index is 2.18. The Morgan fingerprint density at radius 1 is 0.653 bits per heavy atom. The molecule has 0 aliphatic heterocycles. The number of benzene rings is 1. The lowest BCUT2D eigenvalue weighted by molar-refractivity contribution is -0.133. The van der Waals surface area contributed by atoms with Gasteiger partial charge in [-0.2, -0.15) is 10.2 Å². The molecular formula is C46H82N10O16. The second kappa shape index (κ2) is 45.7. The Morgan fingerprint density at radius 2 is 1.15 bits per heavy atom. The van der Waals surface area contributed by atoms with Crippen molar-refractivity contribution in [2.24, 2.45) is 33.5 Å². The van der Waals surface area contributed by atoms with Gasteiger partial charge in [-0.15, -0.1) is 0 Å². The second-order valence-corrected chi connectivity index (χ2v) is 15.8. The van der Waals surface area contributed by atoms with Crippen molar-refractivity contribution in [1.29, 1.82) is 0 Å². The molecule has 11 N–H and O–H groups in total. The van der Waals surface area contributed by atoms with E-state index < -0.39 is 48.5 Å². The number of carbonyl (C=O) groups is 5. The van der Waals surface area contributed by atoms with Crippen LogP contribution < -0.4 is 43.9 Å². The highest BCUT2D eigenvalue weighted by Gasteiger charge is 2.27. The van der Waals surface area contributed by atoms with Crippen LogP contribution in [-0.4, -0.2) is 187 Å². The van der Waals surface area contributed by atoms with E-state index in [-0.39, 0.29) is 45.0 Å². The lowest BCUT2D eigenvalue weighted by atomic mass is 10.0. The monoisotopic (exact) mass is 1030 g/mol. The molecule has 1 aromatic rings. The first-order chi connectivity index (χ1) is 35.0. The van der Waals surface area contributed by atoms with E-state index in [1.165, 1.54) is 6.20 Å². The lowest BCUT2D eigenvalue weighted by Gasteiger charge is -2.24. The number of amides is 6. The van der Waals surface area contributed by atoms with Crippen molar-refractivity contribution in [3.63, 3.8) is 0 Å². The molecule has 72 heavy (non-hydrogen) atoms. The molecule has 0 unspecified atom stereocenters. The SMILES string of the molecule is CCCOCCOCCOCCOCCOCCOCCOCCOCCOCC/N=N\C(=C/N)CNC(=O)OCc1ccc(NC(=O)[C@H](CCCNC(N)=O)NC(=O)[C@H](CC(C)C)NC(=O)CON)cc1. The zero-order valence-corrected chi connectivity index (χ0v) is 42.4. The van der Waals surface area contributed by atoms with Crippen LogP contribution in [0.25, 0.3) is 0 Å². The molecule has 26 heteroatoms. The van der Waals surface area contributed by atoms with Crippen molar-refractivity contribution in [1.82, 2.24) is 21.3 Å². The molecule has 0 heterocycles. The third-order valence-corrected chi connectivity index (χ3v) is 9.23. The van der Waals surface area contributed by atoms with Gasteiger partial charge in [0.15, 0.2) is 0 Å². The number of rotatable bonds is 47. The molecule has 0 aliphatic carbocycles. The van der Waals surface area contributed by atoms with Crippen LogP contribution in [0, 0.1) is 5.92 Å². The Morgan fingerprint density at radius 3 is 1.61 bits per heavy atom. The molecule has 0 radical (unpaired) electrons. The van der Waals surface area contributed by atoms with Crippen molar-refractivity contribution in [2.75, 3.05) is 150 Å². The first-order valence-electron chi connectivity index (χ1n) is 24.2. The van der Waals surface area contributed by atoms with Crippen LogP contribution in [-0.2, 0) is 73.2 Å². The van der Waals surface area contributed by atoms with Crippen LogP contribution >= 0.6 is 0 Å². The molecule has 1 aromatic carbocycles. The maximum Gasteiger partial charge on any atom is 0.407 e. The summed E-state index contributed by atoms with van der Waals surface area (Å²) in [4.78, 5) is 66.6. The number of hydrogen-bond donors (Lipinski definition) is 8. The number of anilines is 1. The van der Waals surface area contributed by atoms with Gasteiger partial charge in [0.25, 0.3) is 0 Å². The van der Waals surface area contributed by atoms with Gasteiger partial charge in [-0.05, 0) is 49.3 Å². The van der Waals surface area contributed by atoms with Crippen molar-refractivity contribution >= 4 is 35.5 Å². The van der Waals surface area contributed by atoms with Crippen LogP contribution in [0.3, 0.4) is 0 Å². The molecule has 0 fully saturated rings. The number of azo groups is 1. The summed E-state index contributed by atoms with van der Waals surface area (Å²) in [6.45, 7) is 14.3. The van der Waals surface area contributed by atoms with E-state index in [4.69, 9.17) is 64.7 Å². The first kappa shape index (κ1) is 64.9. The molecule has 1 rings (SSSR count). The number of alkyl carbamates (subject to hydrolysis) is 1. The van der Waals surface area contributed by atoms with Gasteiger partial charge in [-0.1, -0.05) is 32.9 Å². The molecule has 0 spiro atoms. The molecule has 0 saturated heterocycles. The highest BCUT2D eigenvalue weighted by molar-refractivity contribution is 5.98. The standard InChI is InChI=1S/C46H82N10O16/c1-4-13-62-15-17-64-19-21-66-23-25-68-27-29-70-30-28-69-26-24-67-22-20-65-18-16-63-14-12-52-56-39(32-47)33-51-46(61)71-34-37-7-9-38(10-8-37)53-43(58)40(6-5-11-50-45(48)60)55-44(59)41(31-36(2)3)54-42(57)35-72-49/h7-10,32,36,40-41H,4-6,11-31,33-35,47,49H2,1-3H3,(H,51,61)(H,53,58)(H,54,57)(H,55,59)(H3,48,50,60)/b39-32-,56-52-/t40-,41-/m0/s1. The molecule has 6 amide bonds. The largest absolute Gasteiger partial charge is 0.445 e. The number of ether oxygens (including phenoxy) is 10. The van der Waals surface area contributed by atoms with Gasteiger partial charge in [-0.3, -0.25) is 19.2 Å². The van der Waals surface area contributed by atoms with Crippen LogP contribution in [0.1, 0.15) is 52.0 Å². The van der Waals surface area contributed by atoms with Gasteiger partial charge in [0, 0.05) is 25.0 Å². The van der Waals surface area contributed by atoms with Crippen molar-refractivity contribution in [3.8, 4) is 0 Å². The minimum absolute atomic E-state index is 0.0239. The molecule has 0 saturated carbocycles. The third kappa shape index (κ3) is 38.5. The minimum atomic E-state index is -1.04. The van der Waals surface area contributed by atoms with E-state index in [0.29, 0.717) is 136 Å².